The molecule has 0 amide bonds. The van der Waals surface area contributed by atoms with Crippen LogP contribution >= 0.6 is 0 Å². The number of aryl methyl sites for hydroxylation is 3. The fourth-order valence-corrected chi connectivity index (χ4v) is 1.39. The van der Waals surface area contributed by atoms with Gasteiger partial charge in [0.05, 0.1) is 12.0 Å². The summed E-state index contributed by atoms with van der Waals surface area (Å²) in [5.41, 5.74) is 6.66. The number of hydrogen-bond acceptors (Lipinski definition) is 3. The van der Waals surface area contributed by atoms with E-state index in [1.54, 1.807) is 12.5 Å². The average molecular weight is 191 g/mol. The van der Waals surface area contributed by atoms with Crippen LogP contribution in [-0.2, 0) is 13.1 Å². The molecule has 2 aromatic heterocycles. The first-order chi connectivity index (χ1) is 6.75. The minimum absolute atomic E-state index is 0.572. The molecule has 14 heavy (non-hydrogen) atoms. The predicted octanol–water partition coefficient (Wildman–Crippen LogP) is 0.670. The van der Waals surface area contributed by atoms with Gasteiger partial charge in [-0.3, -0.25) is 0 Å². The monoisotopic (exact) mass is 191 g/mol. The van der Waals surface area contributed by atoms with Gasteiger partial charge in [0.1, 0.15) is 0 Å². The van der Waals surface area contributed by atoms with Gasteiger partial charge in [-0.15, -0.1) is 0 Å². The molecule has 5 nitrogen and oxygen atoms in total. The van der Waals surface area contributed by atoms with Crippen LogP contribution in [0.1, 0.15) is 5.69 Å². The molecule has 2 heterocycles. The van der Waals surface area contributed by atoms with Gasteiger partial charge in [0.2, 0.25) is 0 Å². The Balaban J connectivity index is 2.01. The molecule has 0 aliphatic rings. The van der Waals surface area contributed by atoms with Gasteiger partial charge >= 0.3 is 0 Å². The topological polar surface area (TPSA) is 61.7 Å². The SMILES string of the molecule is Cc1cn(CCn2ccnc2)c(N)n1. The van der Waals surface area contributed by atoms with Crippen LogP contribution in [0.4, 0.5) is 5.95 Å². The first kappa shape index (κ1) is 8.80. The van der Waals surface area contributed by atoms with Crippen LogP contribution in [0.5, 0.6) is 0 Å². The molecule has 0 saturated heterocycles. The number of nitrogens with zero attached hydrogens (tertiary/aromatic N) is 4. The molecule has 0 atom stereocenters. The summed E-state index contributed by atoms with van der Waals surface area (Å²) in [7, 11) is 0. The van der Waals surface area contributed by atoms with Gasteiger partial charge in [0, 0.05) is 31.7 Å². The highest BCUT2D eigenvalue weighted by Crippen LogP contribution is 2.04. The second-order valence-corrected chi connectivity index (χ2v) is 3.23. The van der Waals surface area contributed by atoms with Crippen molar-refractivity contribution in [3.8, 4) is 0 Å². The van der Waals surface area contributed by atoms with Crippen LogP contribution < -0.4 is 5.73 Å². The minimum atomic E-state index is 0.572. The van der Waals surface area contributed by atoms with Crippen LogP contribution in [-0.4, -0.2) is 19.1 Å². The lowest BCUT2D eigenvalue weighted by Gasteiger charge is -2.04. The molecule has 0 fully saturated rings. The van der Waals surface area contributed by atoms with Crippen molar-refractivity contribution in [1.82, 2.24) is 19.1 Å². The number of imidazole rings is 2. The third-order valence-electron chi connectivity index (χ3n) is 2.09. The van der Waals surface area contributed by atoms with Crippen LogP contribution in [0.2, 0.25) is 0 Å². The molecule has 0 unspecified atom stereocenters. The third kappa shape index (κ3) is 1.76. The molecule has 0 aliphatic heterocycles. The van der Waals surface area contributed by atoms with E-state index in [1.807, 2.05) is 28.5 Å². The highest BCUT2D eigenvalue weighted by atomic mass is 15.2. The zero-order valence-electron chi connectivity index (χ0n) is 8.09. The van der Waals surface area contributed by atoms with Crippen molar-refractivity contribution in [2.75, 3.05) is 5.73 Å². The Morgan fingerprint density at radius 2 is 2.29 bits per heavy atom. The molecule has 0 saturated carbocycles. The summed E-state index contributed by atoms with van der Waals surface area (Å²) in [5.74, 6) is 0.572. The van der Waals surface area contributed by atoms with E-state index in [4.69, 9.17) is 5.73 Å². The maximum absolute atomic E-state index is 5.71. The number of hydrogen-bond donors (Lipinski definition) is 1. The van der Waals surface area contributed by atoms with Crippen molar-refractivity contribution in [2.24, 2.45) is 0 Å². The smallest absolute Gasteiger partial charge is 0.200 e. The zero-order valence-corrected chi connectivity index (χ0v) is 8.09. The van der Waals surface area contributed by atoms with Crippen molar-refractivity contribution >= 4 is 5.95 Å². The van der Waals surface area contributed by atoms with Crippen molar-refractivity contribution in [3.63, 3.8) is 0 Å². The van der Waals surface area contributed by atoms with E-state index in [2.05, 4.69) is 9.97 Å². The average Bonchev–Trinajstić information content (AvgIpc) is 2.72. The Kier molecular flexibility index (Phi) is 2.22. The zero-order chi connectivity index (χ0) is 9.97. The van der Waals surface area contributed by atoms with Gasteiger partial charge in [0.25, 0.3) is 0 Å². The molecule has 0 aromatic carbocycles. The summed E-state index contributed by atoms with van der Waals surface area (Å²) in [5, 5.41) is 0. The fraction of sp³-hybridized carbons (Fsp3) is 0.333. The molecule has 74 valence electrons. The van der Waals surface area contributed by atoms with E-state index < -0.39 is 0 Å². The first-order valence-electron chi connectivity index (χ1n) is 4.50. The molecule has 0 aliphatic carbocycles. The molecule has 2 rings (SSSR count). The normalized spacial score (nSPS) is 10.6. The van der Waals surface area contributed by atoms with Gasteiger partial charge in [-0.25, -0.2) is 9.97 Å². The van der Waals surface area contributed by atoms with Crippen LogP contribution in [0, 0.1) is 6.92 Å². The molecule has 2 N–H and O–H groups in total. The van der Waals surface area contributed by atoms with Crippen LogP contribution in [0.3, 0.4) is 0 Å². The lowest BCUT2D eigenvalue weighted by molar-refractivity contribution is 0.583. The highest BCUT2D eigenvalue weighted by Gasteiger charge is 2.00. The molecule has 0 bridgehead atoms. The van der Waals surface area contributed by atoms with E-state index in [0.717, 1.165) is 18.8 Å². The lowest BCUT2D eigenvalue weighted by Crippen LogP contribution is -2.07. The standard InChI is InChI=1S/C9H13N5/c1-8-6-14(9(10)12-8)5-4-13-3-2-11-7-13/h2-3,6-7H,4-5H2,1H3,(H2,10,12). The van der Waals surface area contributed by atoms with Gasteiger partial charge in [-0.1, -0.05) is 0 Å². The van der Waals surface area contributed by atoms with Gasteiger partial charge < -0.3 is 14.9 Å². The number of rotatable bonds is 3. The highest BCUT2D eigenvalue weighted by molar-refractivity contribution is 5.20. The van der Waals surface area contributed by atoms with Gasteiger partial charge in [-0.05, 0) is 6.92 Å². The largest absolute Gasteiger partial charge is 0.369 e. The van der Waals surface area contributed by atoms with E-state index >= 15 is 0 Å². The number of nitrogens with two attached hydrogens (primary N) is 1. The summed E-state index contributed by atoms with van der Waals surface area (Å²) >= 11 is 0. The molecule has 0 radical (unpaired) electrons. The molecular formula is C9H13N5. The number of anilines is 1. The Bertz CT molecular complexity index is 401. The minimum Gasteiger partial charge on any atom is -0.369 e. The van der Waals surface area contributed by atoms with Crippen LogP contribution in [0.25, 0.3) is 0 Å². The second kappa shape index (κ2) is 3.53. The van der Waals surface area contributed by atoms with E-state index in [-0.39, 0.29) is 0 Å². The van der Waals surface area contributed by atoms with Crippen LogP contribution in [0.15, 0.2) is 24.9 Å². The maximum Gasteiger partial charge on any atom is 0.200 e. The first-order valence-corrected chi connectivity index (χ1v) is 4.50. The lowest BCUT2D eigenvalue weighted by atomic mass is 10.5. The van der Waals surface area contributed by atoms with Crippen molar-refractivity contribution in [3.05, 3.63) is 30.6 Å². The van der Waals surface area contributed by atoms with E-state index in [9.17, 15) is 0 Å². The van der Waals surface area contributed by atoms with E-state index in [1.165, 1.54) is 0 Å². The Hall–Kier alpha value is -1.78. The quantitative estimate of drug-likeness (QED) is 0.775. The fourth-order valence-electron chi connectivity index (χ4n) is 1.39. The summed E-state index contributed by atoms with van der Waals surface area (Å²) in [6.07, 6.45) is 7.44. The van der Waals surface area contributed by atoms with Crippen molar-refractivity contribution < 1.29 is 0 Å². The summed E-state index contributed by atoms with van der Waals surface area (Å²) < 4.78 is 3.95. The summed E-state index contributed by atoms with van der Waals surface area (Å²) in [6, 6.07) is 0. The third-order valence-corrected chi connectivity index (χ3v) is 2.09. The Labute approximate surface area is 82.2 Å². The van der Waals surface area contributed by atoms with Gasteiger partial charge in [0.15, 0.2) is 5.95 Å². The Morgan fingerprint density at radius 3 is 2.86 bits per heavy atom. The number of aromatic nitrogens is 4. The van der Waals surface area contributed by atoms with Crippen molar-refractivity contribution in [1.29, 1.82) is 0 Å². The molecule has 2 aromatic rings. The van der Waals surface area contributed by atoms with Gasteiger partial charge in [-0.2, -0.15) is 0 Å². The predicted molar refractivity (Wildman–Crippen MR) is 53.6 cm³/mol. The maximum atomic E-state index is 5.71. The summed E-state index contributed by atoms with van der Waals surface area (Å²) in [6.45, 7) is 3.62. The number of nitrogen functional groups attached to an aromatic ring is 1. The van der Waals surface area contributed by atoms with Crippen molar-refractivity contribution in [2.45, 2.75) is 20.0 Å². The Morgan fingerprint density at radius 1 is 1.43 bits per heavy atom. The molecule has 5 heteroatoms. The molecule has 0 spiro atoms. The summed E-state index contributed by atoms with van der Waals surface area (Å²) in [4.78, 5) is 8.10. The molecular weight excluding hydrogens is 178 g/mol. The van der Waals surface area contributed by atoms with E-state index in [0.29, 0.717) is 5.95 Å². The second-order valence-electron chi connectivity index (χ2n) is 3.23.